The zero-order valence-corrected chi connectivity index (χ0v) is 15.9. The number of nitrogens with zero attached hydrogens (tertiary/aromatic N) is 2. The van der Waals surface area contributed by atoms with Gasteiger partial charge in [-0.2, -0.15) is 0 Å². The molecule has 0 bridgehead atoms. The normalized spacial score (nSPS) is 14.4. The summed E-state index contributed by atoms with van der Waals surface area (Å²) in [5.41, 5.74) is 2.59. The second-order valence-corrected chi connectivity index (χ2v) is 6.92. The summed E-state index contributed by atoms with van der Waals surface area (Å²) in [6, 6.07) is 12.6. The maximum atomic E-state index is 12.6. The third kappa shape index (κ3) is 3.76. The van der Waals surface area contributed by atoms with Crippen LogP contribution in [0.4, 0.5) is 5.69 Å². The summed E-state index contributed by atoms with van der Waals surface area (Å²) >= 11 is 6.34. The van der Waals surface area contributed by atoms with Crippen LogP contribution in [0.3, 0.4) is 0 Å². The SMILES string of the molecule is O=C(c1ccc(NCCn2c(=O)oc3ccccc32)cc1Cl)N1CCOCC1. The molecule has 0 atom stereocenters. The molecule has 1 aromatic heterocycles. The highest BCUT2D eigenvalue weighted by molar-refractivity contribution is 6.34. The Hall–Kier alpha value is -2.77. The molecule has 0 radical (unpaired) electrons. The van der Waals surface area contributed by atoms with E-state index in [0.29, 0.717) is 55.6 Å². The lowest BCUT2D eigenvalue weighted by Gasteiger charge is -2.27. The van der Waals surface area contributed by atoms with E-state index in [1.165, 1.54) is 0 Å². The number of carbonyl (C=O) groups is 1. The van der Waals surface area contributed by atoms with E-state index in [1.807, 2.05) is 24.3 Å². The van der Waals surface area contributed by atoms with Gasteiger partial charge in [0.2, 0.25) is 0 Å². The smallest absolute Gasteiger partial charge is 0.408 e. The van der Waals surface area contributed by atoms with Crippen LogP contribution < -0.4 is 11.1 Å². The molecule has 1 saturated heterocycles. The number of rotatable bonds is 5. The van der Waals surface area contributed by atoms with Crippen LogP contribution >= 0.6 is 11.6 Å². The molecule has 146 valence electrons. The topological polar surface area (TPSA) is 76.7 Å². The molecule has 1 amide bonds. The van der Waals surface area contributed by atoms with Crippen molar-refractivity contribution in [2.75, 3.05) is 38.2 Å². The zero-order chi connectivity index (χ0) is 19.5. The fourth-order valence-electron chi connectivity index (χ4n) is 3.27. The summed E-state index contributed by atoms with van der Waals surface area (Å²) in [6.45, 7) is 3.19. The lowest BCUT2D eigenvalue weighted by molar-refractivity contribution is 0.0303. The van der Waals surface area contributed by atoms with Crippen LogP contribution in [0, 0.1) is 0 Å². The number of aromatic nitrogens is 1. The lowest BCUT2D eigenvalue weighted by atomic mass is 10.1. The molecule has 2 heterocycles. The molecule has 7 nitrogen and oxygen atoms in total. The van der Waals surface area contributed by atoms with Crippen molar-refractivity contribution in [2.24, 2.45) is 0 Å². The average molecular weight is 402 g/mol. The quantitative estimate of drug-likeness (QED) is 0.711. The number of amides is 1. The van der Waals surface area contributed by atoms with Crippen LogP contribution in [0.25, 0.3) is 11.1 Å². The maximum Gasteiger partial charge on any atom is 0.420 e. The van der Waals surface area contributed by atoms with Gasteiger partial charge in [-0.15, -0.1) is 0 Å². The summed E-state index contributed by atoms with van der Waals surface area (Å²) < 4.78 is 12.1. The number of hydrogen-bond donors (Lipinski definition) is 1. The Labute approximate surface area is 166 Å². The van der Waals surface area contributed by atoms with Crippen molar-refractivity contribution in [3.63, 3.8) is 0 Å². The summed E-state index contributed by atoms with van der Waals surface area (Å²) in [5.74, 6) is -0.469. The predicted molar refractivity (Wildman–Crippen MR) is 107 cm³/mol. The van der Waals surface area contributed by atoms with Crippen LogP contribution in [0.2, 0.25) is 5.02 Å². The highest BCUT2D eigenvalue weighted by Crippen LogP contribution is 2.23. The molecule has 1 fully saturated rings. The molecule has 1 aliphatic rings. The van der Waals surface area contributed by atoms with E-state index in [4.69, 9.17) is 20.8 Å². The van der Waals surface area contributed by atoms with Gasteiger partial charge in [0.15, 0.2) is 5.58 Å². The predicted octanol–water partition coefficient (Wildman–Crippen LogP) is 2.83. The number of oxazole rings is 1. The van der Waals surface area contributed by atoms with Crippen molar-refractivity contribution in [3.8, 4) is 0 Å². The van der Waals surface area contributed by atoms with Crippen LogP contribution in [-0.4, -0.2) is 48.2 Å². The minimum atomic E-state index is -0.382. The monoisotopic (exact) mass is 401 g/mol. The van der Waals surface area contributed by atoms with Crippen molar-refractivity contribution >= 4 is 34.3 Å². The first kappa shape index (κ1) is 18.6. The molecule has 0 unspecified atom stereocenters. The molecule has 4 rings (SSSR count). The number of anilines is 1. The average Bonchev–Trinajstić information content (AvgIpc) is 3.04. The number of fused-ring (bicyclic) bond motifs is 1. The highest BCUT2D eigenvalue weighted by Gasteiger charge is 2.20. The third-order valence-electron chi connectivity index (χ3n) is 4.74. The number of benzene rings is 2. The van der Waals surface area contributed by atoms with E-state index in [1.54, 1.807) is 27.7 Å². The first-order valence-electron chi connectivity index (χ1n) is 9.12. The van der Waals surface area contributed by atoms with Gasteiger partial charge < -0.3 is 19.4 Å². The zero-order valence-electron chi connectivity index (χ0n) is 15.2. The molecule has 2 aromatic carbocycles. The first-order valence-corrected chi connectivity index (χ1v) is 9.50. The number of halogens is 1. The van der Waals surface area contributed by atoms with Gasteiger partial charge in [-0.3, -0.25) is 9.36 Å². The Kier molecular flexibility index (Phi) is 5.36. The fraction of sp³-hybridized carbons (Fsp3) is 0.300. The van der Waals surface area contributed by atoms with Gasteiger partial charge in [0.1, 0.15) is 0 Å². The first-order chi connectivity index (χ1) is 13.6. The van der Waals surface area contributed by atoms with E-state index in [2.05, 4.69) is 5.32 Å². The molecule has 0 aliphatic carbocycles. The Balaban J connectivity index is 1.41. The largest absolute Gasteiger partial charge is 0.420 e. The number of ether oxygens (including phenoxy) is 1. The van der Waals surface area contributed by atoms with Gasteiger partial charge >= 0.3 is 5.76 Å². The van der Waals surface area contributed by atoms with Gasteiger partial charge in [0.25, 0.3) is 5.91 Å². The Morgan fingerprint density at radius 3 is 2.71 bits per heavy atom. The van der Waals surface area contributed by atoms with Crippen molar-refractivity contribution in [1.29, 1.82) is 0 Å². The molecule has 28 heavy (non-hydrogen) atoms. The summed E-state index contributed by atoms with van der Waals surface area (Å²) in [4.78, 5) is 26.3. The second-order valence-electron chi connectivity index (χ2n) is 6.51. The summed E-state index contributed by atoms with van der Waals surface area (Å²) in [5, 5.41) is 3.63. The molecule has 8 heteroatoms. The molecule has 1 aliphatic heterocycles. The number of nitrogens with one attached hydrogen (secondary N) is 1. The molecule has 0 saturated carbocycles. The third-order valence-corrected chi connectivity index (χ3v) is 5.05. The Morgan fingerprint density at radius 2 is 1.93 bits per heavy atom. The number of carbonyl (C=O) groups excluding carboxylic acids is 1. The number of para-hydroxylation sites is 2. The molecule has 0 spiro atoms. The summed E-state index contributed by atoms with van der Waals surface area (Å²) in [6.07, 6.45) is 0. The van der Waals surface area contributed by atoms with Gasteiger partial charge in [0, 0.05) is 31.9 Å². The van der Waals surface area contributed by atoms with Crippen molar-refractivity contribution in [2.45, 2.75) is 6.54 Å². The van der Waals surface area contributed by atoms with E-state index >= 15 is 0 Å². The minimum absolute atomic E-state index is 0.0868. The van der Waals surface area contributed by atoms with Gasteiger partial charge in [-0.1, -0.05) is 23.7 Å². The van der Waals surface area contributed by atoms with E-state index in [9.17, 15) is 9.59 Å². The van der Waals surface area contributed by atoms with Crippen molar-refractivity contribution < 1.29 is 13.9 Å². The fourth-order valence-corrected chi connectivity index (χ4v) is 3.53. The molecule has 3 aromatic rings. The van der Waals surface area contributed by atoms with E-state index < -0.39 is 0 Å². The van der Waals surface area contributed by atoms with E-state index in [0.717, 1.165) is 11.2 Å². The van der Waals surface area contributed by atoms with E-state index in [-0.39, 0.29) is 11.7 Å². The van der Waals surface area contributed by atoms with Crippen molar-refractivity contribution in [1.82, 2.24) is 9.47 Å². The van der Waals surface area contributed by atoms with Gasteiger partial charge in [0.05, 0.1) is 29.3 Å². The molecular formula is C20H20ClN3O4. The highest BCUT2D eigenvalue weighted by atomic mass is 35.5. The summed E-state index contributed by atoms with van der Waals surface area (Å²) in [7, 11) is 0. The standard InChI is InChI=1S/C20H20ClN3O4/c21-16-13-14(5-6-15(16)19(25)23-9-11-27-12-10-23)22-7-8-24-17-3-1-2-4-18(17)28-20(24)26/h1-6,13,22H,7-12H2. The minimum Gasteiger partial charge on any atom is -0.408 e. The van der Waals surface area contributed by atoms with Crippen molar-refractivity contribution in [3.05, 3.63) is 63.6 Å². The Bertz CT molecular complexity index is 1050. The second kappa shape index (κ2) is 8.08. The van der Waals surface area contributed by atoms with Crippen LogP contribution in [0.5, 0.6) is 0 Å². The number of morpholine rings is 1. The molecule has 1 N–H and O–H groups in total. The van der Waals surface area contributed by atoms with Gasteiger partial charge in [-0.25, -0.2) is 4.79 Å². The van der Waals surface area contributed by atoms with Gasteiger partial charge in [-0.05, 0) is 30.3 Å². The van der Waals surface area contributed by atoms with Crippen LogP contribution in [0.15, 0.2) is 51.7 Å². The Morgan fingerprint density at radius 1 is 1.14 bits per heavy atom. The maximum absolute atomic E-state index is 12.6. The molecular weight excluding hydrogens is 382 g/mol. The van der Waals surface area contributed by atoms with Crippen LogP contribution in [-0.2, 0) is 11.3 Å². The number of hydrogen-bond acceptors (Lipinski definition) is 5. The lowest BCUT2D eigenvalue weighted by Crippen LogP contribution is -2.40. The van der Waals surface area contributed by atoms with Crippen LogP contribution in [0.1, 0.15) is 10.4 Å².